The number of hydrogen-bond donors (Lipinski definition) is 2. The van der Waals surface area contributed by atoms with Crippen molar-refractivity contribution in [3.05, 3.63) is 57.0 Å². The maximum absolute atomic E-state index is 12.2. The second-order valence-corrected chi connectivity index (χ2v) is 7.87. The number of hydrogen-bond acceptors (Lipinski definition) is 4. The molecule has 0 aliphatic heterocycles. The van der Waals surface area contributed by atoms with Gasteiger partial charge in [-0.05, 0) is 68.6 Å². The Hall–Kier alpha value is -2.32. The van der Waals surface area contributed by atoms with Gasteiger partial charge in [-0.3, -0.25) is 19.2 Å². The minimum atomic E-state index is -0.402. The molecule has 0 bridgehead atoms. The van der Waals surface area contributed by atoms with Gasteiger partial charge < -0.3 is 10.6 Å². The largest absolute Gasteiger partial charge is 0.325 e. The average molecular weight is 510 g/mol. The summed E-state index contributed by atoms with van der Waals surface area (Å²) in [6.45, 7) is 1.34. The topological polar surface area (TPSA) is 92.3 Å². The third-order valence-corrected chi connectivity index (χ3v) is 4.97. The number of benzene rings is 2. The molecule has 2 amide bonds. The first-order valence-electron chi connectivity index (χ1n) is 8.38. The monoisotopic (exact) mass is 508 g/mol. The zero-order valence-corrected chi connectivity index (χ0v) is 18.2. The SMILES string of the molecule is CC(=O)CC(=O)Nc1ccc(CC(=O)CC(=O)Nc2ccccc2Br)cc1Br. The Labute approximate surface area is 179 Å². The molecule has 2 rings (SSSR count). The Kier molecular flexibility index (Phi) is 8.07. The quantitative estimate of drug-likeness (QED) is 0.520. The summed E-state index contributed by atoms with van der Waals surface area (Å²) in [5.41, 5.74) is 1.82. The highest BCUT2D eigenvalue weighted by molar-refractivity contribution is 9.11. The number of nitrogens with one attached hydrogen (secondary N) is 2. The van der Waals surface area contributed by atoms with Crippen molar-refractivity contribution in [1.29, 1.82) is 0 Å². The second-order valence-electron chi connectivity index (χ2n) is 6.16. The number of Topliss-reactive ketones (excluding diaryl/α,β-unsaturated/α-hetero) is 2. The Morgan fingerprint density at radius 3 is 2.04 bits per heavy atom. The molecule has 6 nitrogen and oxygen atoms in total. The van der Waals surface area contributed by atoms with Crippen LogP contribution in [0, 0.1) is 0 Å². The van der Waals surface area contributed by atoms with E-state index in [2.05, 4.69) is 42.5 Å². The maximum atomic E-state index is 12.2. The molecule has 146 valence electrons. The molecule has 0 aliphatic carbocycles. The summed E-state index contributed by atoms with van der Waals surface area (Å²) >= 11 is 6.68. The predicted octanol–water partition coefficient (Wildman–Crippen LogP) is 4.27. The normalized spacial score (nSPS) is 10.2. The van der Waals surface area contributed by atoms with Gasteiger partial charge >= 0.3 is 0 Å². The molecule has 0 saturated heterocycles. The van der Waals surface area contributed by atoms with Gasteiger partial charge in [0.05, 0.1) is 24.2 Å². The van der Waals surface area contributed by atoms with E-state index in [0.717, 1.165) is 4.47 Å². The lowest BCUT2D eigenvalue weighted by Crippen LogP contribution is -2.18. The molecular formula is C20H18Br2N2O4. The lowest BCUT2D eigenvalue weighted by Gasteiger charge is -2.09. The van der Waals surface area contributed by atoms with Crippen LogP contribution in [0.2, 0.25) is 0 Å². The number of carbonyl (C=O) groups excluding carboxylic acids is 4. The first kappa shape index (κ1) is 22.0. The van der Waals surface area contributed by atoms with E-state index in [9.17, 15) is 19.2 Å². The van der Waals surface area contributed by atoms with Gasteiger partial charge in [-0.1, -0.05) is 18.2 Å². The van der Waals surface area contributed by atoms with Crippen molar-refractivity contribution in [3.8, 4) is 0 Å². The van der Waals surface area contributed by atoms with Crippen LogP contribution in [0.25, 0.3) is 0 Å². The molecule has 2 aromatic carbocycles. The average Bonchev–Trinajstić information content (AvgIpc) is 2.58. The molecule has 28 heavy (non-hydrogen) atoms. The zero-order valence-electron chi connectivity index (χ0n) is 15.1. The van der Waals surface area contributed by atoms with Crippen molar-refractivity contribution >= 4 is 66.6 Å². The van der Waals surface area contributed by atoms with E-state index in [-0.39, 0.29) is 36.7 Å². The van der Waals surface area contributed by atoms with Crippen molar-refractivity contribution in [1.82, 2.24) is 0 Å². The first-order valence-corrected chi connectivity index (χ1v) is 9.97. The van der Waals surface area contributed by atoms with E-state index in [0.29, 0.717) is 21.4 Å². The van der Waals surface area contributed by atoms with E-state index in [1.165, 1.54) is 6.92 Å². The molecule has 0 atom stereocenters. The number of halogens is 2. The molecule has 0 fully saturated rings. The van der Waals surface area contributed by atoms with Crippen molar-refractivity contribution in [2.24, 2.45) is 0 Å². The summed E-state index contributed by atoms with van der Waals surface area (Å²) in [7, 11) is 0. The number of amides is 2. The summed E-state index contributed by atoms with van der Waals surface area (Å²) in [4.78, 5) is 46.9. The maximum Gasteiger partial charge on any atom is 0.231 e. The van der Waals surface area contributed by atoms with Crippen LogP contribution in [0.5, 0.6) is 0 Å². The lowest BCUT2D eigenvalue weighted by atomic mass is 10.1. The van der Waals surface area contributed by atoms with E-state index in [4.69, 9.17) is 0 Å². The van der Waals surface area contributed by atoms with Gasteiger partial charge in [-0.2, -0.15) is 0 Å². The predicted molar refractivity (Wildman–Crippen MR) is 114 cm³/mol. The fourth-order valence-corrected chi connectivity index (χ4v) is 3.33. The van der Waals surface area contributed by atoms with E-state index in [1.54, 1.807) is 36.4 Å². The lowest BCUT2D eigenvalue weighted by molar-refractivity contribution is -0.126. The van der Waals surface area contributed by atoms with Gasteiger partial charge in [-0.15, -0.1) is 0 Å². The fraction of sp³-hybridized carbons (Fsp3) is 0.200. The van der Waals surface area contributed by atoms with Gasteiger partial charge in [-0.25, -0.2) is 0 Å². The highest BCUT2D eigenvalue weighted by Gasteiger charge is 2.13. The third-order valence-electron chi connectivity index (χ3n) is 3.62. The van der Waals surface area contributed by atoms with Gasteiger partial charge in [0.15, 0.2) is 0 Å². The van der Waals surface area contributed by atoms with Gasteiger partial charge in [0, 0.05) is 15.4 Å². The van der Waals surface area contributed by atoms with E-state index < -0.39 is 5.91 Å². The number of ketones is 2. The summed E-state index contributed by atoms with van der Waals surface area (Å²) in [5.74, 6) is -1.24. The van der Waals surface area contributed by atoms with Crippen LogP contribution >= 0.6 is 31.9 Å². The molecular weight excluding hydrogens is 492 g/mol. The fourth-order valence-electron chi connectivity index (χ4n) is 2.42. The van der Waals surface area contributed by atoms with Crippen molar-refractivity contribution in [2.45, 2.75) is 26.2 Å². The standard InChI is InChI=1S/C20H18Br2N2O4/c1-12(25)8-19(27)24-18-7-6-13(10-16(18)22)9-14(26)11-20(28)23-17-5-3-2-4-15(17)21/h2-7,10H,8-9,11H2,1H3,(H,23,28)(H,24,27). The van der Waals surface area contributed by atoms with Crippen molar-refractivity contribution in [3.63, 3.8) is 0 Å². The Balaban J connectivity index is 1.92. The van der Waals surface area contributed by atoms with Crippen LogP contribution in [-0.4, -0.2) is 23.4 Å². The minimum absolute atomic E-state index is 0.0870. The Bertz CT molecular complexity index is 928. The van der Waals surface area contributed by atoms with Crippen LogP contribution in [0.3, 0.4) is 0 Å². The minimum Gasteiger partial charge on any atom is -0.325 e. The Morgan fingerprint density at radius 1 is 0.821 bits per heavy atom. The summed E-state index contributed by atoms with van der Waals surface area (Å²) in [6.07, 6.45) is -0.348. The number of rotatable bonds is 8. The molecule has 0 spiro atoms. The molecule has 0 heterocycles. The smallest absolute Gasteiger partial charge is 0.231 e. The molecule has 0 aliphatic rings. The van der Waals surface area contributed by atoms with Crippen LogP contribution in [0.4, 0.5) is 11.4 Å². The molecule has 0 unspecified atom stereocenters. The molecule has 0 aromatic heterocycles. The van der Waals surface area contributed by atoms with E-state index in [1.807, 2.05) is 6.07 Å². The highest BCUT2D eigenvalue weighted by Crippen LogP contribution is 2.25. The van der Waals surface area contributed by atoms with Gasteiger partial charge in [0.2, 0.25) is 11.8 Å². The van der Waals surface area contributed by atoms with Gasteiger partial charge in [0.1, 0.15) is 11.6 Å². The van der Waals surface area contributed by atoms with Crippen LogP contribution < -0.4 is 10.6 Å². The highest BCUT2D eigenvalue weighted by atomic mass is 79.9. The molecule has 0 radical (unpaired) electrons. The number of carbonyl (C=O) groups is 4. The zero-order chi connectivity index (χ0) is 20.7. The summed E-state index contributed by atoms with van der Waals surface area (Å²) in [5, 5.41) is 5.32. The Morgan fingerprint density at radius 2 is 1.43 bits per heavy atom. The number of anilines is 2. The summed E-state index contributed by atoms with van der Waals surface area (Å²) < 4.78 is 1.33. The van der Waals surface area contributed by atoms with Crippen molar-refractivity contribution < 1.29 is 19.2 Å². The van der Waals surface area contributed by atoms with E-state index >= 15 is 0 Å². The first-order chi connectivity index (χ1) is 13.2. The van der Waals surface area contributed by atoms with Crippen LogP contribution in [0.15, 0.2) is 51.4 Å². The summed E-state index contributed by atoms with van der Waals surface area (Å²) in [6, 6.07) is 12.2. The third kappa shape index (κ3) is 7.01. The van der Waals surface area contributed by atoms with Gasteiger partial charge in [0.25, 0.3) is 0 Å². The molecule has 2 aromatic rings. The molecule has 8 heteroatoms. The van der Waals surface area contributed by atoms with Crippen molar-refractivity contribution in [2.75, 3.05) is 10.6 Å². The number of para-hydroxylation sites is 1. The molecule has 2 N–H and O–H groups in total. The second kappa shape index (κ2) is 10.3. The van der Waals surface area contributed by atoms with Crippen LogP contribution in [-0.2, 0) is 25.6 Å². The molecule has 0 saturated carbocycles. The van der Waals surface area contributed by atoms with Crippen LogP contribution in [0.1, 0.15) is 25.3 Å².